The standard InChI is InChI=1S/C16H21N7O/c1-9-6-11(22-21-9)20-15(24)10-7-23(16(2)4-3-5-16)14-12(10)13(17)18-8-19-14/h6-8,15,24H,3-5H2,1-2H3,(H2,17,18,19)(H2,20,21,22). The molecule has 0 bridgehead atoms. The van der Waals surface area contributed by atoms with Gasteiger partial charge in [0.05, 0.1) is 5.39 Å². The van der Waals surface area contributed by atoms with Crippen molar-refractivity contribution >= 4 is 22.7 Å². The Balaban J connectivity index is 1.79. The highest BCUT2D eigenvalue weighted by Crippen LogP contribution is 2.42. The second-order valence-electron chi connectivity index (χ2n) is 6.75. The number of aromatic amines is 1. The van der Waals surface area contributed by atoms with Crippen LogP contribution in [0.25, 0.3) is 11.0 Å². The van der Waals surface area contributed by atoms with Gasteiger partial charge >= 0.3 is 0 Å². The second-order valence-corrected chi connectivity index (χ2v) is 6.75. The van der Waals surface area contributed by atoms with Crippen LogP contribution in [-0.2, 0) is 5.54 Å². The Kier molecular flexibility index (Phi) is 3.24. The van der Waals surface area contributed by atoms with Crippen LogP contribution < -0.4 is 11.1 Å². The number of aliphatic hydroxyl groups is 1. The van der Waals surface area contributed by atoms with Gasteiger partial charge in [-0.05, 0) is 33.1 Å². The van der Waals surface area contributed by atoms with Crippen molar-refractivity contribution in [2.75, 3.05) is 11.1 Å². The zero-order valence-electron chi connectivity index (χ0n) is 13.7. The zero-order valence-corrected chi connectivity index (χ0v) is 13.7. The summed E-state index contributed by atoms with van der Waals surface area (Å²) in [4.78, 5) is 8.51. The minimum absolute atomic E-state index is 0.0138. The number of fused-ring (bicyclic) bond motifs is 1. The van der Waals surface area contributed by atoms with Crippen molar-refractivity contribution in [3.05, 3.63) is 29.8 Å². The Morgan fingerprint density at radius 2 is 2.21 bits per heavy atom. The SMILES string of the molecule is Cc1cc(NC(O)c2cn(C3(C)CCC3)c3ncnc(N)c23)n[nH]1. The Hall–Kier alpha value is -2.61. The number of nitrogens with zero attached hydrogens (tertiary/aromatic N) is 4. The van der Waals surface area contributed by atoms with Crippen LogP contribution in [0, 0.1) is 6.92 Å². The van der Waals surface area contributed by atoms with Crippen LogP contribution in [-0.4, -0.2) is 29.8 Å². The number of hydrogen-bond donors (Lipinski definition) is 4. The molecule has 0 saturated heterocycles. The molecule has 5 N–H and O–H groups in total. The van der Waals surface area contributed by atoms with E-state index in [4.69, 9.17) is 5.73 Å². The summed E-state index contributed by atoms with van der Waals surface area (Å²) in [5, 5.41) is 21.3. The summed E-state index contributed by atoms with van der Waals surface area (Å²) in [6, 6.07) is 1.83. The van der Waals surface area contributed by atoms with Gasteiger partial charge in [-0.1, -0.05) is 0 Å². The highest BCUT2D eigenvalue weighted by Gasteiger charge is 2.36. The summed E-state index contributed by atoms with van der Waals surface area (Å²) < 4.78 is 2.12. The minimum atomic E-state index is -0.951. The van der Waals surface area contributed by atoms with Gasteiger partial charge in [-0.2, -0.15) is 5.10 Å². The quantitative estimate of drug-likeness (QED) is 0.545. The highest BCUT2D eigenvalue weighted by molar-refractivity contribution is 5.90. The third kappa shape index (κ3) is 2.22. The van der Waals surface area contributed by atoms with E-state index in [1.807, 2.05) is 19.2 Å². The van der Waals surface area contributed by atoms with E-state index in [0.29, 0.717) is 22.6 Å². The van der Waals surface area contributed by atoms with Gasteiger partial charge in [0, 0.05) is 29.1 Å². The zero-order chi connectivity index (χ0) is 16.9. The number of hydrogen-bond acceptors (Lipinski definition) is 6. The molecule has 1 atom stereocenters. The topological polar surface area (TPSA) is 118 Å². The number of anilines is 2. The third-order valence-corrected chi connectivity index (χ3v) is 4.94. The normalized spacial score (nSPS) is 17.6. The first-order valence-corrected chi connectivity index (χ1v) is 8.06. The Morgan fingerprint density at radius 3 is 2.83 bits per heavy atom. The molecule has 1 aliphatic carbocycles. The number of aliphatic hydroxyl groups excluding tert-OH is 1. The molecule has 0 amide bonds. The molecule has 24 heavy (non-hydrogen) atoms. The average molecular weight is 327 g/mol. The van der Waals surface area contributed by atoms with E-state index < -0.39 is 6.23 Å². The third-order valence-electron chi connectivity index (χ3n) is 4.94. The first-order valence-electron chi connectivity index (χ1n) is 8.06. The summed E-state index contributed by atoms with van der Waals surface area (Å²) in [6.07, 6.45) is 5.82. The molecular formula is C16H21N7O. The van der Waals surface area contributed by atoms with Crippen molar-refractivity contribution in [1.82, 2.24) is 24.7 Å². The summed E-state index contributed by atoms with van der Waals surface area (Å²) in [5.74, 6) is 0.946. The number of rotatable bonds is 4. The average Bonchev–Trinajstić information content (AvgIpc) is 3.10. The van der Waals surface area contributed by atoms with Crippen LogP contribution in [0.5, 0.6) is 0 Å². The van der Waals surface area contributed by atoms with E-state index in [1.54, 1.807) is 0 Å². The van der Waals surface area contributed by atoms with Crippen molar-refractivity contribution in [2.24, 2.45) is 0 Å². The van der Waals surface area contributed by atoms with Gasteiger partial charge in [0.2, 0.25) is 0 Å². The van der Waals surface area contributed by atoms with E-state index in [-0.39, 0.29) is 5.54 Å². The van der Waals surface area contributed by atoms with Crippen LogP contribution in [0.1, 0.15) is 43.7 Å². The van der Waals surface area contributed by atoms with Crippen LogP contribution in [0.3, 0.4) is 0 Å². The molecular weight excluding hydrogens is 306 g/mol. The molecule has 3 heterocycles. The molecule has 3 aromatic rings. The number of nitrogens with two attached hydrogens (primary N) is 1. The van der Waals surface area contributed by atoms with Gasteiger partial charge in [-0.15, -0.1) is 0 Å². The van der Waals surface area contributed by atoms with Crippen LogP contribution in [0.2, 0.25) is 0 Å². The minimum Gasteiger partial charge on any atom is -0.383 e. The van der Waals surface area contributed by atoms with E-state index in [2.05, 4.69) is 37.0 Å². The lowest BCUT2D eigenvalue weighted by molar-refractivity contribution is 0.171. The number of aryl methyl sites for hydroxylation is 1. The lowest BCUT2D eigenvalue weighted by atomic mass is 9.78. The van der Waals surface area contributed by atoms with Crippen molar-refractivity contribution in [3.8, 4) is 0 Å². The van der Waals surface area contributed by atoms with Crippen LogP contribution in [0.4, 0.5) is 11.6 Å². The summed E-state index contributed by atoms with van der Waals surface area (Å²) in [5.41, 5.74) is 8.44. The largest absolute Gasteiger partial charge is 0.383 e. The molecule has 0 spiro atoms. The van der Waals surface area contributed by atoms with Gasteiger partial charge in [-0.25, -0.2) is 9.97 Å². The van der Waals surface area contributed by atoms with Crippen LogP contribution >= 0.6 is 0 Å². The molecule has 8 nitrogen and oxygen atoms in total. The van der Waals surface area contributed by atoms with E-state index >= 15 is 0 Å². The molecule has 0 aliphatic heterocycles. The molecule has 1 fully saturated rings. The maximum atomic E-state index is 10.7. The van der Waals surface area contributed by atoms with Gasteiger partial charge in [-0.3, -0.25) is 5.10 Å². The Bertz CT molecular complexity index is 893. The molecule has 1 aliphatic rings. The first kappa shape index (κ1) is 14.9. The lowest BCUT2D eigenvalue weighted by Gasteiger charge is -2.40. The van der Waals surface area contributed by atoms with Crippen LogP contribution in [0.15, 0.2) is 18.6 Å². The molecule has 8 heteroatoms. The molecule has 4 rings (SSSR count). The van der Waals surface area contributed by atoms with Crippen molar-refractivity contribution < 1.29 is 5.11 Å². The maximum absolute atomic E-state index is 10.7. The Labute approximate surface area is 139 Å². The van der Waals surface area contributed by atoms with Crippen molar-refractivity contribution in [1.29, 1.82) is 0 Å². The summed E-state index contributed by atoms with van der Waals surface area (Å²) in [7, 11) is 0. The van der Waals surface area contributed by atoms with Gasteiger partial charge in [0.15, 0.2) is 6.23 Å². The number of nitrogen functional groups attached to an aromatic ring is 1. The fraction of sp³-hybridized carbons (Fsp3) is 0.438. The molecule has 1 unspecified atom stereocenters. The number of H-pyrrole nitrogens is 1. The first-order chi connectivity index (χ1) is 11.5. The smallest absolute Gasteiger partial charge is 0.154 e. The predicted octanol–water partition coefficient (Wildman–Crippen LogP) is 2.05. The Morgan fingerprint density at radius 1 is 1.42 bits per heavy atom. The molecule has 1 saturated carbocycles. The fourth-order valence-electron chi connectivity index (χ4n) is 3.37. The molecule has 3 aromatic heterocycles. The number of aromatic nitrogens is 5. The number of nitrogens with one attached hydrogen (secondary N) is 2. The van der Waals surface area contributed by atoms with Crippen molar-refractivity contribution in [3.63, 3.8) is 0 Å². The van der Waals surface area contributed by atoms with Gasteiger partial charge in [0.25, 0.3) is 0 Å². The second kappa shape index (κ2) is 5.20. The highest BCUT2D eigenvalue weighted by atomic mass is 16.3. The van der Waals surface area contributed by atoms with E-state index in [9.17, 15) is 5.11 Å². The van der Waals surface area contributed by atoms with Gasteiger partial charge < -0.3 is 20.7 Å². The molecule has 126 valence electrons. The molecule has 0 radical (unpaired) electrons. The van der Waals surface area contributed by atoms with Gasteiger partial charge in [0.1, 0.15) is 23.6 Å². The van der Waals surface area contributed by atoms with Crippen molar-refractivity contribution in [2.45, 2.75) is 44.9 Å². The predicted molar refractivity (Wildman–Crippen MR) is 91.3 cm³/mol. The summed E-state index contributed by atoms with van der Waals surface area (Å²) in [6.45, 7) is 4.11. The monoisotopic (exact) mass is 327 g/mol. The summed E-state index contributed by atoms with van der Waals surface area (Å²) >= 11 is 0. The van der Waals surface area contributed by atoms with E-state index in [1.165, 1.54) is 12.7 Å². The van der Waals surface area contributed by atoms with E-state index in [0.717, 1.165) is 24.2 Å². The maximum Gasteiger partial charge on any atom is 0.154 e. The molecule has 0 aromatic carbocycles. The lowest BCUT2D eigenvalue weighted by Crippen LogP contribution is -2.36. The fourth-order valence-corrected chi connectivity index (χ4v) is 3.37.